The van der Waals surface area contributed by atoms with Gasteiger partial charge < -0.3 is 9.63 Å². The topological polar surface area (TPSA) is 72.5 Å². The van der Waals surface area contributed by atoms with Gasteiger partial charge in [-0.3, -0.25) is 4.79 Å². The molecule has 0 saturated carbocycles. The largest absolute Gasteiger partial charge is 0.341 e. The van der Waals surface area contributed by atoms with E-state index in [1.54, 1.807) is 5.48 Å². The molecule has 0 spiro atoms. The summed E-state index contributed by atoms with van der Waals surface area (Å²) in [5.41, 5.74) is 1.64. The van der Waals surface area contributed by atoms with Crippen LogP contribution in [0.15, 0.2) is 0 Å². The van der Waals surface area contributed by atoms with E-state index in [0.29, 0.717) is 6.29 Å². The van der Waals surface area contributed by atoms with E-state index in [4.69, 9.17) is 0 Å². The van der Waals surface area contributed by atoms with E-state index >= 15 is 0 Å². The van der Waals surface area contributed by atoms with Crippen molar-refractivity contribution in [2.24, 2.45) is 0 Å². The summed E-state index contributed by atoms with van der Waals surface area (Å²) in [7, 11) is 0. The monoisotopic (exact) mass is 131 g/mol. The minimum Gasteiger partial charge on any atom is -0.341 e. The van der Waals surface area contributed by atoms with E-state index in [2.05, 4.69) is 4.84 Å². The lowest BCUT2D eigenvalue weighted by atomic mass is 10.5. The summed E-state index contributed by atoms with van der Waals surface area (Å²) in [6.45, 7) is 0. The number of hydroxylamine groups is 1. The molecular formula is C4H5NO4. The lowest BCUT2D eigenvalue weighted by Crippen LogP contribution is -2.17. The Morgan fingerprint density at radius 1 is 1.56 bits per heavy atom. The molecule has 5 nitrogen and oxygen atoms in total. The average Bonchev–Trinajstić information content (AvgIpc) is 1.85. The molecule has 0 fully saturated rings. The standard InChI is InChI=1S/C4H5NO4/c6-2-1-4(8)9-5-3-7/h2-3H,1H2,(H,5,7). The van der Waals surface area contributed by atoms with Gasteiger partial charge in [-0.2, -0.15) is 5.48 Å². The van der Waals surface area contributed by atoms with Crippen molar-refractivity contribution in [3.8, 4) is 0 Å². The molecule has 0 aromatic heterocycles. The van der Waals surface area contributed by atoms with Gasteiger partial charge in [-0.15, -0.1) is 0 Å². The van der Waals surface area contributed by atoms with Crippen molar-refractivity contribution < 1.29 is 19.2 Å². The third-order valence-corrected chi connectivity index (χ3v) is 0.471. The molecule has 5 heteroatoms. The van der Waals surface area contributed by atoms with E-state index < -0.39 is 5.97 Å². The Hall–Kier alpha value is -1.39. The molecule has 0 radical (unpaired) electrons. The van der Waals surface area contributed by atoms with E-state index in [9.17, 15) is 14.4 Å². The van der Waals surface area contributed by atoms with Crippen molar-refractivity contribution >= 4 is 18.7 Å². The maximum atomic E-state index is 10.1. The highest BCUT2D eigenvalue weighted by molar-refractivity contribution is 5.83. The maximum absolute atomic E-state index is 10.1. The van der Waals surface area contributed by atoms with Crippen LogP contribution in [0, 0.1) is 0 Å². The van der Waals surface area contributed by atoms with Crippen LogP contribution in [0.5, 0.6) is 0 Å². The highest BCUT2D eigenvalue weighted by Crippen LogP contribution is 1.74. The average molecular weight is 131 g/mol. The first-order valence-electron chi connectivity index (χ1n) is 2.13. The Morgan fingerprint density at radius 2 is 2.22 bits per heavy atom. The quantitative estimate of drug-likeness (QED) is 0.295. The second kappa shape index (κ2) is 4.76. The molecule has 0 saturated heterocycles. The molecule has 0 aliphatic rings. The van der Waals surface area contributed by atoms with Crippen molar-refractivity contribution in [2.45, 2.75) is 6.42 Å². The SMILES string of the molecule is O=CCC(=O)ONC=O. The number of amides is 1. The molecule has 0 aromatic carbocycles. The van der Waals surface area contributed by atoms with Gasteiger partial charge >= 0.3 is 5.97 Å². The van der Waals surface area contributed by atoms with Crippen molar-refractivity contribution in [2.75, 3.05) is 0 Å². The lowest BCUT2D eigenvalue weighted by molar-refractivity contribution is -0.154. The summed E-state index contributed by atoms with van der Waals surface area (Å²) in [5, 5.41) is 0. The molecule has 0 aliphatic carbocycles. The fourth-order valence-corrected chi connectivity index (χ4v) is 0.199. The first-order chi connectivity index (χ1) is 4.31. The van der Waals surface area contributed by atoms with Crippen LogP contribution in [-0.4, -0.2) is 18.7 Å². The molecule has 1 N–H and O–H groups in total. The number of aldehydes is 1. The maximum Gasteiger partial charge on any atom is 0.339 e. The predicted molar refractivity (Wildman–Crippen MR) is 26.0 cm³/mol. The molecule has 0 unspecified atom stereocenters. The summed E-state index contributed by atoms with van der Waals surface area (Å²) < 4.78 is 0. The zero-order valence-corrected chi connectivity index (χ0v) is 4.49. The van der Waals surface area contributed by atoms with Crippen LogP contribution in [-0.2, 0) is 19.2 Å². The summed E-state index contributed by atoms with van der Waals surface area (Å²) >= 11 is 0. The Labute approximate surface area is 50.9 Å². The van der Waals surface area contributed by atoms with Crippen LogP contribution in [0.4, 0.5) is 0 Å². The minimum atomic E-state index is -0.780. The van der Waals surface area contributed by atoms with Crippen LogP contribution in [0.25, 0.3) is 0 Å². The summed E-state index contributed by atoms with van der Waals surface area (Å²) in [6, 6.07) is 0. The Balaban J connectivity index is 3.26. The molecule has 0 aromatic rings. The van der Waals surface area contributed by atoms with Crippen LogP contribution in [0.1, 0.15) is 6.42 Å². The van der Waals surface area contributed by atoms with Gasteiger partial charge in [-0.25, -0.2) is 4.79 Å². The number of nitrogens with one attached hydrogen (secondary N) is 1. The van der Waals surface area contributed by atoms with Crippen molar-refractivity contribution in [3.63, 3.8) is 0 Å². The molecule has 1 amide bonds. The third kappa shape index (κ3) is 4.46. The van der Waals surface area contributed by atoms with Crippen LogP contribution < -0.4 is 5.48 Å². The normalized spacial score (nSPS) is 7.56. The minimum absolute atomic E-state index is 0.197. The molecule has 0 bridgehead atoms. The van der Waals surface area contributed by atoms with Gasteiger partial charge in [0, 0.05) is 0 Å². The third-order valence-electron chi connectivity index (χ3n) is 0.471. The van der Waals surface area contributed by atoms with Gasteiger partial charge in [0.1, 0.15) is 12.7 Å². The van der Waals surface area contributed by atoms with E-state index in [1.807, 2.05) is 0 Å². The first-order valence-corrected chi connectivity index (χ1v) is 2.13. The van der Waals surface area contributed by atoms with Gasteiger partial charge in [0.2, 0.25) is 6.41 Å². The van der Waals surface area contributed by atoms with Gasteiger partial charge in [-0.1, -0.05) is 0 Å². The van der Waals surface area contributed by atoms with Crippen molar-refractivity contribution in [1.82, 2.24) is 5.48 Å². The smallest absolute Gasteiger partial charge is 0.339 e. The van der Waals surface area contributed by atoms with E-state index in [0.717, 1.165) is 0 Å². The summed E-state index contributed by atoms with van der Waals surface area (Å²) in [5.74, 6) is -0.780. The fraction of sp³-hybridized carbons (Fsp3) is 0.250. The molecule has 0 heterocycles. The number of hydrogen-bond donors (Lipinski definition) is 1. The summed E-state index contributed by atoms with van der Waals surface area (Å²) in [6.07, 6.45) is 0.234. The van der Waals surface area contributed by atoms with Gasteiger partial charge in [0.05, 0.1) is 0 Å². The van der Waals surface area contributed by atoms with Gasteiger partial charge in [0.25, 0.3) is 0 Å². The van der Waals surface area contributed by atoms with Crippen LogP contribution >= 0.6 is 0 Å². The Bertz CT molecular complexity index is 122. The van der Waals surface area contributed by atoms with Crippen LogP contribution in [0.2, 0.25) is 0 Å². The number of carbonyl (C=O) groups excluding carboxylic acids is 3. The second-order valence-electron chi connectivity index (χ2n) is 1.08. The Kier molecular flexibility index (Phi) is 4.03. The Morgan fingerprint density at radius 3 is 2.67 bits per heavy atom. The molecule has 0 aliphatic heterocycles. The highest BCUT2D eigenvalue weighted by atomic mass is 16.7. The van der Waals surface area contributed by atoms with Crippen molar-refractivity contribution in [1.29, 1.82) is 0 Å². The molecule has 50 valence electrons. The molecule has 9 heavy (non-hydrogen) atoms. The van der Waals surface area contributed by atoms with Gasteiger partial charge in [0.15, 0.2) is 0 Å². The zero-order valence-electron chi connectivity index (χ0n) is 4.49. The molecule has 0 rings (SSSR count). The fourth-order valence-electron chi connectivity index (χ4n) is 0.199. The lowest BCUT2D eigenvalue weighted by Gasteiger charge is -1.93. The number of rotatable bonds is 4. The molecule has 0 atom stereocenters. The van der Waals surface area contributed by atoms with Crippen LogP contribution in [0.3, 0.4) is 0 Å². The second-order valence-corrected chi connectivity index (χ2v) is 1.08. The number of hydrogen-bond acceptors (Lipinski definition) is 4. The van der Waals surface area contributed by atoms with Crippen molar-refractivity contribution in [3.05, 3.63) is 0 Å². The van der Waals surface area contributed by atoms with E-state index in [-0.39, 0.29) is 12.8 Å². The predicted octanol–water partition coefficient (Wildman–Crippen LogP) is -1.22. The van der Waals surface area contributed by atoms with E-state index in [1.165, 1.54) is 0 Å². The first kappa shape index (κ1) is 7.61. The highest BCUT2D eigenvalue weighted by Gasteiger charge is 1.98. The zero-order chi connectivity index (χ0) is 7.11. The van der Waals surface area contributed by atoms with Gasteiger partial charge in [-0.05, 0) is 0 Å². The summed E-state index contributed by atoms with van der Waals surface area (Å²) in [4.78, 5) is 33.1. The number of carbonyl (C=O) groups is 3. The molecular weight excluding hydrogens is 126 g/mol.